The van der Waals surface area contributed by atoms with Gasteiger partial charge in [-0.3, -0.25) is 0 Å². The molecule has 0 aliphatic carbocycles. The quantitative estimate of drug-likeness (QED) is 0.569. The van der Waals surface area contributed by atoms with E-state index in [1.54, 1.807) is 0 Å². The van der Waals surface area contributed by atoms with Crippen LogP contribution in [0, 0.1) is 0 Å². The van der Waals surface area contributed by atoms with E-state index in [0.29, 0.717) is 5.92 Å². The topological polar surface area (TPSA) is 37.8 Å². The minimum Gasteiger partial charge on any atom is -0.370 e. The Morgan fingerprint density at radius 1 is 1.28 bits per heavy atom. The lowest BCUT2D eigenvalue weighted by Crippen LogP contribution is -2.07. The summed E-state index contributed by atoms with van der Waals surface area (Å²) in [5.74, 6) is 3.42. The molecule has 0 saturated carbocycles. The van der Waals surface area contributed by atoms with Gasteiger partial charge < -0.3 is 5.32 Å². The Kier molecular flexibility index (Phi) is 7.66. The lowest BCUT2D eigenvalue weighted by atomic mass is 10.2. The second-order valence-electron chi connectivity index (χ2n) is 4.57. The molecule has 0 aromatic carbocycles. The van der Waals surface area contributed by atoms with E-state index in [9.17, 15) is 0 Å². The fourth-order valence-corrected chi connectivity index (χ4v) is 2.44. The van der Waals surface area contributed by atoms with Crippen LogP contribution in [0.25, 0.3) is 0 Å². The molecule has 0 bridgehead atoms. The minimum atomic E-state index is 0.352. The first-order chi connectivity index (χ1) is 8.63. The Labute approximate surface area is 123 Å². The van der Waals surface area contributed by atoms with Gasteiger partial charge in [0.15, 0.2) is 0 Å². The molecule has 1 N–H and O–H groups in total. The summed E-state index contributed by atoms with van der Waals surface area (Å²) in [6.45, 7) is 5.19. The second-order valence-corrected chi connectivity index (χ2v) is 6.37. The van der Waals surface area contributed by atoms with Crippen molar-refractivity contribution in [2.75, 3.05) is 23.9 Å². The van der Waals surface area contributed by atoms with E-state index < -0.39 is 0 Å². The monoisotopic (exact) mass is 331 g/mol. The summed E-state index contributed by atoms with van der Waals surface area (Å²) in [6.07, 6.45) is 5.92. The molecule has 0 aliphatic rings. The zero-order valence-corrected chi connectivity index (χ0v) is 13.8. The molecule has 0 atom stereocenters. The van der Waals surface area contributed by atoms with Crippen LogP contribution in [0.5, 0.6) is 0 Å². The van der Waals surface area contributed by atoms with Gasteiger partial charge in [0.1, 0.15) is 16.2 Å². The molecule has 0 unspecified atom stereocenters. The average molecular weight is 332 g/mol. The lowest BCUT2D eigenvalue weighted by molar-refractivity contribution is 0.741. The summed E-state index contributed by atoms with van der Waals surface area (Å²) in [6, 6.07) is 1.94. The molecule has 1 aromatic heterocycles. The molecular formula is C13H22BrN3S. The lowest BCUT2D eigenvalue weighted by Gasteiger charge is -2.09. The van der Waals surface area contributed by atoms with Crippen LogP contribution in [-0.2, 0) is 0 Å². The number of rotatable bonds is 8. The first-order valence-electron chi connectivity index (χ1n) is 6.40. The number of hydrogen-bond acceptors (Lipinski definition) is 4. The van der Waals surface area contributed by atoms with Gasteiger partial charge in [-0.15, -0.1) is 0 Å². The van der Waals surface area contributed by atoms with Crippen molar-refractivity contribution in [2.24, 2.45) is 0 Å². The number of unbranched alkanes of at least 4 members (excludes halogenated alkanes) is 2. The molecule has 0 fully saturated rings. The van der Waals surface area contributed by atoms with Crippen molar-refractivity contribution in [1.82, 2.24) is 9.97 Å². The highest BCUT2D eigenvalue weighted by molar-refractivity contribution is 9.10. The highest BCUT2D eigenvalue weighted by atomic mass is 79.9. The van der Waals surface area contributed by atoms with E-state index in [-0.39, 0.29) is 0 Å². The van der Waals surface area contributed by atoms with Crippen LogP contribution in [-0.4, -0.2) is 28.5 Å². The van der Waals surface area contributed by atoms with E-state index in [1.807, 2.05) is 17.8 Å². The van der Waals surface area contributed by atoms with Gasteiger partial charge in [0.2, 0.25) is 0 Å². The SMILES string of the molecule is CSCCCCCNc1cc(Br)nc(C(C)C)n1. The zero-order chi connectivity index (χ0) is 13.4. The standard InChI is InChI=1S/C13H22BrN3S/c1-10(2)13-16-11(14)9-12(17-13)15-7-5-4-6-8-18-3/h9-10H,4-8H2,1-3H3,(H,15,16,17). The highest BCUT2D eigenvalue weighted by Gasteiger charge is 2.06. The molecule has 18 heavy (non-hydrogen) atoms. The van der Waals surface area contributed by atoms with Crippen molar-refractivity contribution < 1.29 is 0 Å². The fourth-order valence-electron chi connectivity index (χ4n) is 1.55. The van der Waals surface area contributed by atoms with Crippen LogP contribution >= 0.6 is 27.7 Å². The molecule has 1 aromatic rings. The van der Waals surface area contributed by atoms with Gasteiger partial charge in [0.05, 0.1) is 0 Å². The summed E-state index contributed by atoms with van der Waals surface area (Å²) in [4.78, 5) is 8.88. The van der Waals surface area contributed by atoms with Gasteiger partial charge in [-0.25, -0.2) is 9.97 Å². The number of halogens is 1. The summed E-state index contributed by atoms with van der Waals surface area (Å²) in [7, 11) is 0. The third-order valence-corrected chi connectivity index (χ3v) is 3.66. The zero-order valence-electron chi connectivity index (χ0n) is 11.4. The molecule has 0 spiro atoms. The smallest absolute Gasteiger partial charge is 0.134 e. The number of aromatic nitrogens is 2. The largest absolute Gasteiger partial charge is 0.370 e. The molecule has 1 rings (SSSR count). The van der Waals surface area contributed by atoms with Crippen molar-refractivity contribution >= 4 is 33.5 Å². The Balaban J connectivity index is 2.37. The van der Waals surface area contributed by atoms with E-state index in [0.717, 1.165) is 22.8 Å². The Hall–Kier alpha value is -0.290. The summed E-state index contributed by atoms with van der Waals surface area (Å²) in [5.41, 5.74) is 0. The van der Waals surface area contributed by atoms with Crippen LogP contribution in [0.4, 0.5) is 5.82 Å². The molecule has 5 heteroatoms. The van der Waals surface area contributed by atoms with E-state index in [4.69, 9.17) is 0 Å². The first-order valence-corrected chi connectivity index (χ1v) is 8.59. The van der Waals surface area contributed by atoms with Crippen LogP contribution in [0.3, 0.4) is 0 Å². The van der Waals surface area contributed by atoms with E-state index >= 15 is 0 Å². The van der Waals surface area contributed by atoms with Crippen molar-refractivity contribution in [3.63, 3.8) is 0 Å². The summed E-state index contributed by atoms with van der Waals surface area (Å²) in [5, 5.41) is 3.37. The van der Waals surface area contributed by atoms with Gasteiger partial charge in [0.25, 0.3) is 0 Å². The summed E-state index contributed by atoms with van der Waals surface area (Å²) < 4.78 is 0.853. The number of nitrogens with zero attached hydrogens (tertiary/aromatic N) is 2. The second kappa shape index (κ2) is 8.75. The van der Waals surface area contributed by atoms with Gasteiger partial charge >= 0.3 is 0 Å². The van der Waals surface area contributed by atoms with Crippen molar-refractivity contribution in [2.45, 2.75) is 39.0 Å². The Morgan fingerprint density at radius 3 is 2.72 bits per heavy atom. The number of anilines is 1. The van der Waals surface area contributed by atoms with Crippen molar-refractivity contribution in [3.05, 3.63) is 16.5 Å². The van der Waals surface area contributed by atoms with E-state index in [1.165, 1.54) is 25.0 Å². The maximum atomic E-state index is 4.51. The third-order valence-electron chi connectivity index (χ3n) is 2.56. The Morgan fingerprint density at radius 2 is 2.06 bits per heavy atom. The first kappa shape index (κ1) is 15.8. The Bertz CT molecular complexity index is 358. The van der Waals surface area contributed by atoms with Crippen LogP contribution in [0.1, 0.15) is 44.9 Å². The number of nitrogens with one attached hydrogen (secondary N) is 1. The number of thioether (sulfide) groups is 1. The number of hydrogen-bond donors (Lipinski definition) is 1. The van der Waals surface area contributed by atoms with Gasteiger partial charge in [-0.2, -0.15) is 11.8 Å². The van der Waals surface area contributed by atoms with E-state index in [2.05, 4.69) is 51.3 Å². The molecule has 3 nitrogen and oxygen atoms in total. The molecule has 0 saturated heterocycles. The molecular weight excluding hydrogens is 310 g/mol. The molecule has 0 radical (unpaired) electrons. The molecule has 0 aliphatic heterocycles. The highest BCUT2D eigenvalue weighted by Crippen LogP contribution is 2.17. The molecule has 1 heterocycles. The van der Waals surface area contributed by atoms with Crippen LogP contribution < -0.4 is 5.32 Å². The van der Waals surface area contributed by atoms with Gasteiger partial charge in [0, 0.05) is 18.5 Å². The van der Waals surface area contributed by atoms with Gasteiger partial charge in [-0.1, -0.05) is 20.3 Å². The maximum absolute atomic E-state index is 4.51. The molecule has 0 amide bonds. The fraction of sp³-hybridized carbons (Fsp3) is 0.692. The predicted octanol–water partition coefficient (Wildman–Crippen LogP) is 4.31. The average Bonchev–Trinajstić information content (AvgIpc) is 2.33. The third kappa shape index (κ3) is 6.05. The summed E-state index contributed by atoms with van der Waals surface area (Å²) >= 11 is 5.35. The van der Waals surface area contributed by atoms with Gasteiger partial charge in [-0.05, 0) is 40.8 Å². The van der Waals surface area contributed by atoms with Crippen LogP contribution in [0.15, 0.2) is 10.7 Å². The maximum Gasteiger partial charge on any atom is 0.134 e. The van der Waals surface area contributed by atoms with Crippen molar-refractivity contribution in [3.8, 4) is 0 Å². The van der Waals surface area contributed by atoms with Crippen molar-refractivity contribution in [1.29, 1.82) is 0 Å². The normalized spacial score (nSPS) is 10.9. The molecule has 102 valence electrons. The minimum absolute atomic E-state index is 0.352. The van der Waals surface area contributed by atoms with Crippen LogP contribution in [0.2, 0.25) is 0 Å². The predicted molar refractivity (Wildman–Crippen MR) is 84.5 cm³/mol.